The maximum Gasteiger partial charge on any atom is 0.416 e. The first kappa shape index (κ1) is 32.5. The molecule has 0 radical (unpaired) electrons. The zero-order valence-electron chi connectivity index (χ0n) is 27.0. The number of likely N-dealkylation sites (tertiary alicyclic amines) is 2. The van der Waals surface area contributed by atoms with Crippen molar-refractivity contribution in [1.82, 2.24) is 24.3 Å². The molecule has 3 aliphatic rings. The summed E-state index contributed by atoms with van der Waals surface area (Å²) in [5.41, 5.74) is 7.02. The van der Waals surface area contributed by atoms with Gasteiger partial charge in [0.25, 0.3) is 0 Å². The van der Waals surface area contributed by atoms with Gasteiger partial charge in [0.2, 0.25) is 5.91 Å². The number of aromatic nitrogens is 3. The Morgan fingerprint density at radius 3 is 2.52 bits per heavy atom. The van der Waals surface area contributed by atoms with Crippen LogP contribution in [0.25, 0.3) is 11.0 Å². The minimum absolute atomic E-state index is 0.0521. The third-order valence-corrected chi connectivity index (χ3v) is 10.1. The van der Waals surface area contributed by atoms with Gasteiger partial charge in [0.15, 0.2) is 0 Å². The predicted molar refractivity (Wildman–Crippen MR) is 169 cm³/mol. The standard InChI is InChI=1S/C33H44F3N7O3/c1-20-25(17-24(37)18-27(20)33(34,35)36)21(2)38-29-26-19-28-32(46-16-14-43(28)30(26)40-22(3)39-29)7-11-42(12-8-32)31(44)23-5-9-41(10-6-23)13-15-45-4/h17-19,21,23H,5-16,37H2,1-4H3,(H,38,39,40)/t21-/m1/s1. The average Bonchev–Trinajstić information content (AvgIpc) is 3.41. The second kappa shape index (κ2) is 12.6. The molecule has 1 atom stereocenters. The highest BCUT2D eigenvalue weighted by atomic mass is 19.4. The van der Waals surface area contributed by atoms with Gasteiger partial charge in [0.1, 0.15) is 22.9 Å². The van der Waals surface area contributed by atoms with E-state index < -0.39 is 23.4 Å². The smallest absolute Gasteiger partial charge is 0.399 e. The Morgan fingerprint density at radius 2 is 1.85 bits per heavy atom. The van der Waals surface area contributed by atoms with Gasteiger partial charge >= 0.3 is 6.18 Å². The Hall–Kier alpha value is -3.42. The average molecular weight is 644 g/mol. The molecule has 250 valence electrons. The summed E-state index contributed by atoms with van der Waals surface area (Å²) >= 11 is 0. The second-order valence-corrected chi connectivity index (χ2v) is 13.0. The van der Waals surface area contributed by atoms with E-state index in [0.29, 0.717) is 62.9 Å². The molecule has 3 N–H and O–H groups in total. The molecule has 0 bridgehead atoms. The van der Waals surface area contributed by atoms with Gasteiger partial charge < -0.3 is 34.9 Å². The summed E-state index contributed by atoms with van der Waals surface area (Å²) in [7, 11) is 1.71. The van der Waals surface area contributed by atoms with E-state index in [1.807, 2.05) is 18.7 Å². The van der Waals surface area contributed by atoms with E-state index in [1.165, 1.54) is 6.92 Å². The zero-order valence-corrected chi connectivity index (χ0v) is 27.0. The maximum absolute atomic E-state index is 13.7. The fourth-order valence-electron chi connectivity index (χ4n) is 7.51. The number of nitrogens with one attached hydrogen (secondary N) is 1. The van der Waals surface area contributed by atoms with Crippen LogP contribution in [0.1, 0.15) is 66.9 Å². The SMILES string of the molecule is COCCN1CCC(C(=O)N2CCC3(CC2)OCCn2c3cc3c(N[C@H](C)c4cc(N)cc(C(F)(F)F)c4C)nc(C)nc32)CC1. The molecule has 10 nitrogen and oxygen atoms in total. The minimum atomic E-state index is -4.51. The van der Waals surface area contributed by atoms with Gasteiger partial charge in [-0.1, -0.05) is 0 Å². The number of benzene rings is 1. The molecule has 1 amide bonds. The highest BCUT2D eigenvalue weighted by molar-refractivity contribution is 5.89. The molecule has 6 rings (SSSR count). The number of rotatable bonds is 7. The number of piperidine rings is 2. The van der Waals surface area contributed by atoms with Gasteiger partial charge in [-0.05, 0) is 88.9 Å². The van der Waals surface area contributed by atoms with E-state index in [1.54, 1.807) is 13.2 Å². The van der Waals surface area contributed by atoms with Gasteiger partial charge in [0.05, 0.1) is 35.9 Å². The molecule has 13 heteroatoms. The Bertz CT molecular complexity index is 1590. The lowest BCUT2D eigenvalue weighted by molar-refractivity contribution is -0.148. The van der Waals surface area contributed by atoms with Crippen LogP contribution < -0.4 is 11.1 Å². The van der Waals surface area contributed by atoms with Crippen LogP contribution >= 0.6 is 0 Å². The van der Waals surface area contributed by atoms with Crippen molar-refractivity contribution < 1.29 is 27.4 Å². The van der Waals surface area contributed by atoms with Crippen LogP contribution in [0, 0.1) is 19.8 Å². The number of aryl methyl sites for hydroxylation is 1. The van der Waals surface area contributed by atoms with Crippen LogP contribution in [0.3, 0.4) is 0 Å². The highest BCUT2D eigenvalue weighted by Crippen LogP contribution is 2.44. The largest absolute Gasteiger partial charge is 0.416 e. The van der Waals surface area contributed by atoms with Gasteiger partial charge in [-0.2, -0.15) is 13.2 Å². The number of methoxy groups -OCH3 is 1. The molecular formula is C33H44F3N7O3. The van der Waals surface area contributed by atoms with E-state index in [2.05, 4.69) is 25.8 Å². The van der Waals surface area contributed by atoms with Crippen molar-refractivity contribution in [2.45, 2.75) is 70.8 Å². The lowest BCUT2D eigenvalue weighted by Gasteiger charge is -2.45. The topological polar surface area (TPSA) is 111 Å². The minimum Gasteiger partial charge on any atom is -0.399 e. The van der Waals surface area contributed by atoms with Crippen LogP contribution in [-0.2, 0) is 32.6 Å². The van der Waals surface area contributed by atoms with Crippen molar-refractivity contribution in [3.63, 3.8) is 0 Å². The van der Waals surface area contributed by atoms with Crippen molar-refractivity contribution in [1.29, 1.82) is 0 Å². The Labute approximate surface area is 267 Å². The summed E-state index contributed by atoms with van der Waals surface area (Å²) < 4.78 is 55.1. The summed E-state index contributed by atoms with van der Waals surface area (Å²) in [5.74, 6) is 1.39. The maximum atomic E-state index is 13.7. The number of alkyl halides is 3. The van der Waals surface area contributed by atoms with Gasteiger partial charge in [-0.15, -0.1) is 0 Å². The first-order valence-corrected chi connectivity index (χ1v) is 16.2. The zero-order chi connectivity index (χ0) is 32.8. The van der Waals surface area contributed by atoms with E-state index in [-0.39, 0.29) is 23.1 Å². The second-order valence-electron chi connectivity index (χ2n) is 13.0. The molecular weight excluding hydrogens is 599 g/mol. The highest BCUT2D eigenvalue weighted by Gasteiger charge is 2.44. The fourth-order valence-corrected chi connectivity index (χ4v) is 7.51. The first-order valence-electron chi connectivity index (χ1n) is 16.2. The number of hydrogen-bond acceptors (Lipinski definition) is 8. The lowest BCUT2D eigenvalue weighted by atomic mass is 9.85. The van der Waals surface area contributed by atoms with E-state index >= 15 is 0 Å². The number of anilines is 2. The molecule has 0 aliphatic carbocycles. The van der Waals surface area contributed by atoms with Crippen LogP contribution in [0.2, 0.25) is 0 Å². The predicted octanol–water partition coefficient (Wildman–Crippen LogP) is 5.03. The van der Waals surface area contributed by atoms with Gasteiger partial charge in [0, 0.05) is 44.9 Å². The number of carbonyl (C=O) groups excluding carboxylic acids is 1. The molecule has 1 aromatic carbocycles. The Morgan fingerprint density at radius 1 is 1.13 bits per heavy atom. The van der Waals surface area contributed by atoms with Crippen LogP contribution in [-0.4, -0.2) is 83.3 Å². The molecule has 46 heavy (non-hydrogen) atoms. The third-order valence-electron chi connectivity index (χ3n) is 10.1. The number of nitrogens with zero attached hydrogens (tertiary/aromatic N) is 5. The summed E-state index contributed by atoms with van der Waals surface area (Å²) in [6, 6.07) is 4.11. The molecule has 2 aromatic heterocycles. The number of nitrogens with two attached hydrogens (primary N) is 1. The van der Waals surface area contributed by atoms with Gasteiger partial charge in [-0.3, -0.25) is 4.79 Å². The van der Waals surface area contributed by atoms with Crippen molar-refractivity contribution in [2.24, 2.45) is 5.92 Å². The molecule has 0 saturated carbocycles. The van der Waals surface area contributed by atoms with E-state index in [9.17, 15) is 18.0 Å². The van der Waals surface area contributed by atoms with Crippen LogP contribution in [0.15, 0.2) is 18.2 Å². The van der Waals surface area contributed by atoms with E-state index in [0.717, 1.165) is 55.3 Å². The third kappa shape index (κ3) is 6.16. The molecule has 1 spiro atoms. The molecule has 0 unspecified atom stereocenters. The molecule has 2 fully saturated rings. The first-order chi connectivity index (χ1) is 21.9. The summed E-state index contributed by atoms with van der Waals surface area (Å²) in [6.45, 7) is 10.9. The lowest BCUT2D eigenvalue weighted by Crippen LogP contribution is -2.51. The number of carbonyl (C=O) groups is 1. The van der Waals surface area contributed by atoms with E-state index in [4.69, 9.17) is 20.2 Å². The van der Waals surface area contributed by atoms with Crippen LogP contribution in [0.5, 0.6) is 0 Å². The van der Waals surface area contributed by atoms with Crippen molar-refractivity contribution in [3.05, 3.63) is 46.4 Å². The number of amides is 1. The van der Waals surface area contributed by atoms with Gasteiger partial charge in [-0.25, -0.2) is 9.97 Å². The number of hydrogen-bond donors (Lipinski definition) is 2. The number of fused-ring (bicyclic) bond motifs is 4. The van der Waals surface area contributed by atoms with Crippen molar-refractivity contribution >= 4 is 28.4 Å². The van der Waals surface area contributed by atoms with Crippen molar-refractivity contribution in [2.75, 3.05) is 64.1 Å². The monoisotopic (exact) mass is 643 g/mol. The normalized spacial score (nSPS) is 19.8. The molecule has 2 saturated heterocycles. The van der Waals surface area contributed by atoms with Crippen LogP contribution in [0.4, 0.5) is 24.7 Å². The summed E-state index contributed by atoms with van der Waals surface area (Å²) in [5, 5.41) is 4.16. The Balaban J connectivity index is 1.22. The van der Waals surface area contributed by atoms with Crippen molar-refractivity contribution in [3.8, 4) is 0 Å². The molecule has 3 aliphatic heterocycles. The molecule has 3 aromatic rings. The quantitative estimate of drug-likeness (QED) is 0.345. The summed E-state index contributed by atoms with van der Waals surface area (Å²) in [6.07, 6.45) is -1.42. The Kier molecular flexibility index (Phi) is 8.94. The number of nitrogen functional groups attached to an aromatic ring is 1. The fraction of sp³-hybridized carbons (Fsp3) is 0.606. The number of halogens is 3. The summed E-state index contributed by atoms with van der Waals surface area (Å²) in [4.78, 5) is 27.3. The molecule has 5 heterocycles. The number of ether oxygens (including phenoxy) is 2.